The number of aryl methyl sites for hydroxylation is 1. The van der Waals surface area contributed by atoms with Crippen molar-refractivity contribution in [2.24, 2.45) is 13.0 Å². The van der Waals surface area contributed by atoms with Gasteiger partial charge < -0.3 is 4.57 Å². The molecule has 1 aliphatic heterocycles. The Kier molecular flexibility index (Phi) is 4.08. The zero-order chi connectivity index (χ0) is 14.1. The second kappa shape index (κ2) is 5.82. The van der Waals surface area contributed by atoms with Gasteiger partial charge in [-0.05, 0) is 48.0 Å². The summed E-state index contributed by atoms with van der Waals surface area (Å²) in [5, 5.41) is 0. The Labute approximate surface area is 123 Å². The van der Waals surface area contributed by atoms with Crippen LogP contribution in [0, 0.1) is 10.7 Å². The standard InChI is InChI=1S/C15H23N3OS/c1-18-9-15-12(14(18)10-19)7-8-13(17-20(15)16)11-5-3-2-4-6-11/h9-11,13H,2-8H2,1H3,(H2,16,17). The van der Waals surface area contributed by atoms with Gasteiger partial charge in [0.25, 0.3) is 0 Å². The third kappa shape index (κ3) is 2.49. The van der Waals surface area contributed by atoms with E-state index >= 15 is 0 Å². The van der Waals surface area contributed by atoms with Gasteiger partial charge in [-0.1, -0.05) is 19.3 Å². The Morgan fingerprint density at radius 2 is 2.10 bits per heavy atom. The molecule has 2 atom stereocenters. The summed E-state index contributed by atoms with van der Waals surface area (Å²) in [6.07, 6.45) is 11.5. The lowest BCUT2D eigenvalue weighted by atomic mass is 9.82. The molecule has 2 aliphatic rings. The lowest BCUT2D eigenvalue weighted by Crippen LogP contribution is -2.37. The van der Waals surface area contributed by atoms with E-state index in [-0.39, 0.29) is 0 Å². The van der Waals surface area contributed by atoms with Crippen molar-refractivity contribution in [3.05, 3.63) is 17.5 Å². The number of hydrogen-bond donors (Lipinski definition) is 2. The van der Waals surface area contributed by atoms with Gasteiger partial charge in [-0.3, -0.25) is 9.57 Å². The Morgan fingerprint density at radius 3 is 2.80 bits per heavy atom. The van der Waals surface area contributed by atoms with Gasteiger partial charge in [0.2, 0.25) is 0 Å². The van der Waals surface area contributed by atoms with Gasteiger partial charge in [-0.2, -0.15) is 0 Å². The summed E-state index contributed by atoms with van der Waals surface area (Å²) in [5.74, 6) is 0.724. The van der Waals surface area contributed by atoms with Crippen molar-refractivity contribution in [3.8, 4) is 0 Å². The zero-order valence-corrected chi connectivity index (χ0v) is 12.8. The quantitative estimate of drug-likeness (QED) is 0.824. The number of nitrogens with one attached hydrogen (secondary N) is 2. The van der Waals surface area contributed by atoms with E-state index in [9.17, 15) is 4.79 Å². The molecule has 1 aromatic heterocycles. The van der Waals surface area contributed by atoms with Crippen molar-refractivity contribution in [1.29, 1.82) is 4.78 Å². The number of aromatic nitrogens is 1. The van der Waals surface area contributed by atoms with E-state index in [1.807, 2.05) is 17.8 Å². The largest absolute Gasteiger partial charge is 0.347 e. The maximum absolute atomic E-state index is 11.3. The molecule has 1 fully saturated rings. The summed E-state index contributed by atoms with van der Waals surface area (Å²) in [6.45, 7) is 0. The molecule has 0 saturated heterocycles. The average Bonchev–Trinajstić information content (AvgIpc) is 2.71. The fraction of sp³-hybridized carbons (Fsp3) is 0.667. The summed E-state index contributed by atoms with van der Waals surface area (Å²) < 4.78 is 13.8. The third-order valence-electron chi connectivity index (χ3n) is 4.82. The number of fused-ring (bicyclic) bond motifs is 1. The zero-order valence-electron chi connectivity index (χ0n) is 12.0. The van der Waals surface area contributed by atoms with Gasteiger partial charge >= 0.3 is 0 Å². The molecule has 1 aromatic rings. The predicted molar refractivity (Wildman–Crippen MR) is 81.0 cm³/mol. The fourth-order valence-corrected chi connectivity index (χ4v) is 5.14. The first-order valence-electron chi connectivity index (χ1n) is 7.55. The average molecular weight is 293 g/mol. The summed E-state index contributed by atoms with van der Waals surface area (Å²) in [4.78, 5) is 12.3. The first kappa shape index (κ1) is 14.0. The highest BCUT2D eigenvalue weighted by atomic mass is 32.2. The Bertz CT molecular complexity index is 531. The van der Waals surface area contributed by atoms with Crippen LogP contribution in [0.5, 0.6) is 0 Å². The van der Waals surface area contributed by atoms with E-state index < -0.39 is 10.9 Å². The summed E-state index contributed by atoms with van der Waals surface area (Å²) in [6, 6.07) is 0.452. The van der Waals surface area contributed by atoms with Crippen LogP contribution in [0.15, 0.2) is 11.1 Å². The molecule has 4 nitrogen and oxygen atoms in total. The van der Waals surface area contributed by atoms with E-state index in [0.717, 1.165) is 41.2 Å². The van der Waals surface area contributed by atoms with Crippen LogP contribution < -0.4 is 4.72 Å². The van der Waals surface area contributed by atoms with Crippen LogP contribution >= 0.6 is 0 Å². The molecule has 3 rings (SSSR count). The third-order valence-corrected chi connectivity index (χ3v) is 6.15. The van der Waals surface area contributed by atoms with Crippen LogP contribution in [0.1, 0.15) is 54.6 Å². The monoisotopic (exact) mass is 293 g/mol. The second-order valence-electron chi connectivity index (χ2n) is 6.05. The molecule has 1 saturated carbocycles. The molecule has 0 amide bonds. The van der Waals surface area contributed by atoms with E-state index in [4.69, 9.17) is 4.78 Å². The Morgan fingerprint density at radius 1 is 1.35 bits per heavy atom. The smallest absolute Gasteiger partial charge is 0.166 e. The van der Waals surface area contributed by atoms with E-state index in [2.05, 4.69) is 4.72 Å². The maximum Gasteiger partial charge on any atom is 0.166 e. The predicted octanol–water partition coefficient (Wildman–Crippen LogP) is 2.98. The first-order valence-corrected chi connectivity index (χ1v) is 8.78. The molecule has 1 aliphatic carbocycles. The van der Waals surface area contributed by atoms with Gasteiger partial charge in [0.15, 0.2) is 6.29 Å². The molecule has 2 N–H and O–H groups in total. The van der Waals surface area contributed by atoms with Gasteiger partial charge in [0.05, 0.1) is 10.6 Å². The number of carbonyl (C=O) groups is 1. The number of rotatable bonds is 2. The highest BCUT2D eigenvalue weighted by Gasteiger charge is 2.29. The lowest BCUT2D eigenvalue weighted by Gasteiger charge is -2.30. The van der Waals surface area contributed by atoms with Crippen LogP contribution in [0.3, 0.4) is 0 Å². The van der Waals surface area contributed by atoms with Crippen molar-refractivity contribution >= 4 is 17.2 Å². The van der Waals surface area contributed by atoms with E-state index in [0.29, 0.717) is 6.04 Å². The summed E-state index contributed by atoms with van der Waals surface area (Å²) in [5.41, 5.74) is 1.86. The number of nitrogens with zero attached hydrogens (tertiary/aromatic N) is 1. The molecule has 0 bridgehead atoms. The minimum absolute atomic E-state index is 0.452. The van der Waals surface area contributed by atoms with Crippen molar-refractivity contribution < 1.29 is 4.79 Å². The SMILES string of the molecule is Cn1cc2c(c1C=O)CCC(C1CCCCC1)NS2=N. The molecule has 2 unspecified atom stereocenters. The molecule has 0 radical (unpaired) electrons. The number of aldehydes is 1. The van der Waals surface area contributed by atoms with Crippen molar-refractivity contribution in [3.63, 3.8) is 0 Å². The van der Waals surface area contributed by atoms with Gasteiger partial charge in [0, 0.05) is 19.3 Å². The van der Waals surface area contributed by atoms with Crippen LogP contribution in [0.2, 0.25) is 0 Å². The van der Waals surface area contributed by atoms with Gasteiger partial charge in [0.1, 0.15) is 0 Å². The molecular weight excluding hydrogens is 270 g/mol. The van der Waals surface area contributed by atoms with Crippen LogP contribution in [0.4, 0.5) is 0 Å². The Balaban J connectivity index is 1.83. The van der Waals surface area contributed by atoms with Crippen molar-refractivity contribution in [1.82, 2.24) is 9.29 Å². The molecule has 2 heterocycles. The summed E-state index contributed by atoms with van der Waals surface area (Å²) in [7, 11) is 1.21. The maximum atomic E-state index is 11.3. The number of carbonyl (C=O) groups excluding carboxylic acids is 1. The van der Waals surface area contributed by atoms with E-state index in [1.54, 1.807) is 0 Å². The van der Waals surface area contributed by atoms with Crippen LogP contribution in [-0.4, -0.2) is 16.9 Å². The van der Waals surface area contributed by atoms with E-state index in [1.165, 1.54) is 32.1 Å². The first-order chi connectivity index (χ1) is 9.70. The van der Waals surface area contributed by atoms with Crippen molar-refractivity contribution in [2.45, 2.75) is 55.9 Å². The number of hydrogen-bond acceptors (Lipinski definition) is 2. The second-order valence-corrected chi connectivity index (χ2v) is 7.34. The topological polar surface area (TPSA) is 57.9 Å². The van der Waals surface area contributed by atoms with Gasteiger partial charge in [-0.25, -0.2) is 4.72 Å². The molecular formula is C15H23N3OS. The highest BCUT2D eigenvalue weighted by Crippen LogP contribution is 2.32. The van der Waals surface area contributed by atoms with Crippen LogP contribution in [-0.2, 0) is 24.3 Å². The molecule has 0 aromatic carbocycles. The van der Waals surface area contributed by atoms with Crippen LogP contribution in [0.25, 0.3) is 0 Å². The molecule has 20 heavy (non-hydrogen) atoms. The minimum atomic E-state index is -0.685. The lowest BCUT2D eigenvalue weighted by molar-refractivity contribution is 0.111. The highest BCUT2D eigenvalue weighted by molar-refractivity contribution is 7.84. The molecule has 0 spiro atoms. The Hall–Kier alpha value is -0.940. The van der Waals surface area contributed by atoms with Gasteiger partial charge in [-0.15, -0.1) is 0 Å². The fourth-order valence-electron chi connectivity index (χ4n) is 3.69. The van der Waals surface area contributed by atoms with Crippen molar-refractivity contribution in [2.75, 3.05) is 0 Å². The summed E-state index contributed by atoms with van der Waals surface area (Å²) >= 11 is 0. The molecule has 110 valence electrons. The minimum Gasteiger partial charge on any atom is -0.347 e. The molecule has 5 heteroatoms. The normalized spacial score (nSPS) is 27.9.